The number of aryl methyl sites for hydroxylation is 1. The first kappa shape index (κ1) is 24.6. The number of aromatic nitrogens is 2. The van der Waals surface area contributed by atoms with E-state index >= 15 is 0 Å². The highest BCUT2D eigenvalue weighted by molar-refractivity contribution is 6.31. The SMILES string of the molecule is COc1cc2c(cn1)CC(C(=O)N(C)c1cc(Cl)c(F)cc1F)N2c1cc(C(F)(F)F)cc(C)n1. The Bertz CT molecular complexity index is 1320. The number of ether oxygens (including phenoxy) is 1. The van der Waals surface area contributed by atoms with Gasteiger partial charge in [-0.25, -0.2) is 18.7 Å². The van der Waals surface area contributed by atoms with Gasteiger partial charge in [-0.15, -0.1) is 0 Å². The highest BCUT2D eigenvalue weighted by Gasteiger charge is 2.40. The van der Waals surface area contributed by atoms with Crippen LogP contribution in [0.4, 0.5) is 39.1 Å². The number of amides is 1. The zero-order valence-electron chi connectivity index (χ0n) is 18.6. The fourth-order valence-corrected chi connectivity index (χ4v) is 4.10. The van der Waals surface area contributed by atoms with E-state index in [4.69, 9.17) is 16.3 Å². The van der Waals surface area contributed by atoms with E-state index < -0.39 is 40.3 Å². The Morgan fingerprint density at radius 1 is 1.17 bits per heavy atom. The first-order valence-electron chi connectivity index (χ1n) is 10.2. The van der Waals surface area contributed by atoms with Crippen molar-refractivity contribution in [1.29, 1.82) is 0 Å². The van der Waals surface area contributed by atoms with Crippen molar-refractivity contribution < 1.29 is 31.5 Å². The summed E-state index contributed by atoms with van der Waals surface area (Å²) in [5.41, 5.74) is -0.230. The highest BCUT2D eigenvalue weighted by Crippen LogP contribution is 2.42. The van der Waals surface area contributed by atoms with Gasteiger partial charge in [0.1, 0.15) is 23.5 Å². The van der Waals surface area contributed by atoms with Gasteiger partial charge in [0.2, 0.25) is 11.8 Å². The zero-order valence-corrected chi connectivity index (χ0v) is 19.4. The third-order valence-electron chi connectivity index (χ3n) is 5.61. The molecule has 1 atom stereocenters. The number of rotatable bonds is 4. The van der Waals surface area contributed by atoms with E-state index in [1.165, 1.54) is 38.2 Å². The Hall–Kier alpha value is -3.47. The van der Waals surface area contributed by atoms with Gasteiger partial charge in [-0.2, -0.15) is 13.2 Å². The molecule has 35 heavy (non-hydrogen) atoms. The number of carbonyl (C=O) groups excluding carboxylic acids is 1. The van der Waals surface area contributed by atoms with Crippen LogP contribution < -0.4 is 14.5 Å². The molecular formula is C23H18ClF5N4O2. The molecule has 3 aromatic rings. The number of halogens is 6. The number of hydrogen-bond acceptors (Lipinski definition) is 5. The summed E-state index contributed by atoms with van der Waals surface area (Å²) in [7, 11) is 2.64. The Labute approximate surface area is 201 Å². The quantitative estimate of drug-likeness (QED) is 0.343. The lowest BCUT2D eigenvalue weighted by molar-refractivity contribution is -0.137. The molecule has 0 radical (unpaired) electrons. The summed E-state index contributed by atoms with van der Waals surface area (Å²) in [6.45, 7) is 1.40. The van der Waals surface area contributed by atoms with E-state index in [1.807, 2.05) is 0 Å². The normalized spacial score (nSPS) is 15.2. The van der Waals surface area contributed by atoms with Gasteiger partial charge in [0.15, 0.2) is 0 Å². The average Bonchev–Trinajstić information content (AvgIpc) is 3.18. The van der Waals surface area contributed by atoms with Crippen molar-refractivity contribution >= 4 is 34.7 Å². The van der Waals surface area contributed by atoms with E-state index in [2.05, 4.69) is 9.97 Å². The molecule has 0 saturated heterocycles. The van der Waals surface area contributed by atoms with Crippen LogP contribution >= 0.6 is 11.6 Å². The first-order chi connectivity index (χ1) is 16.4. The van der Waals surface area contributed by atoms with E-state index in [0.717, 1.165) is 23.1 Å². The summed E-state index contributed by atoms with van der Waals surface area (Å²) in [6, 6.07) is 3.62. The maximum Gasteiger partial charge on any atom is 0.416 e. The summed E-state index contributed by atoms with van der Waals surface area (Å²) in [5, 5.41) is -0.392. The Morgan fingerprint density at radius 2 is 1.89 bits per heavy atom. The molecule has 0 aliphatic carbocycles. The molecule has 1 aliphatic heterocycles. The van der Waals surface area contributed by atoms with Crippen molar-refractivity contribution in [3.63, 3.8) is 0 Å². The molecule has 0 fully saturated rings. The number of fused-ring (bicyclic) bond motifs is 1. The number of likely N-dealkylation sites (N-methyl/N-ethyl adjacent to an activating group) is 1. The molecule has 0 N–H and O–H groups in total. The predicted octanol–water partition coefficient (Wildman–Crippen LogP) is 5.47. The number of nitrogens with zero attached hydrogens (tertiary/aromatic N) is 4. The molecule has 1 aliphatic rings. The molecule has 1 unspecified atom stereocenters. The van der Waals surface area contributed by atoms with E-state index in [9.17, 15) is 26.7 Å². The van der Waals surface area contributed by atoms with Crippen LogP contribution in [0, 0.1) is 18.6 Å². The lowest BCUT2D eigenvalue weighted by Gasteiger charge is -2.30. The number of anilines is 3. The second-order valence-electron chi connectivity index (χ2n) is 7.91. The summed E-state index contributed by atoms with van der Waals surface area (Å²) in [4.78, 5) is 24.2. The van der Waals surface area contributed by atoms with Crippen LogP contribution in [-0.2, 0) is 17.4 Å². The van der Waals surface area contributed by atoms with Crippen molar-refractivity contribution in [3.05, 3.63) is 70.0 Å². The molecule has 0 saturated carbocycles. The second kappa shape index (κ2) is 8.95. The maximum atomic E-state index is 14.5. The molecule has 3 heterocycles. The third-order valence-corrected chi connectivity index (χ3v) is 5.90. The van der Waals surface area contributed by atoms with Crippen LogP contribution in [0.5, 0.6) is 5.88 Å². The van der Waals surface area contributed by atoms with Gasteiger partial charge in [-0.1, -0.05) is 11.6 Å². The minimum Gasteiger partial charge on any atom is -0.481 e. The summed E-state index contributed by atoms with van der Waals surface area (Å²) in [6.07, 6.45) is -3.15. The van der Waals surface area contributed by atoms with Crippen molar-refractivity contribution in [1.82, 2.24) is 9.97 Å². The van der Waals surface area contributed by atoms with Crippen LogP contribution in [0.15, 0.2) is 36.5 Å². The predicted molar refractivity (Wildman–Crippen MR) is 119 cm³/mol. The van der Waals surface area contributed by atoms with Crippen LogP contribution in [0.2, 0.25) is 5.02 Å². The van der Waals surface area contributed by atoms with Crippen LogP contribution in [0.1, 0.15) is 16.8 Å². The van der Waals surface area contributed by atoms with Crippen molar-refractivity contribution in [2.75, 3.05) is 24.0 Å². The molecule has 0 bridgehead atoms. The molecule has 2 aromatic heterocycles. The lowest BCUT2D eigenvalue weighted by atomic mass is 10.1. The fourth-order valence-electron chi connectivity index (χ4n) is 3.95. The summed E-state index contributed by atoms with van der Waals surface area (Å²) < 4.78 is 73.8. The standard InChI is InChI=1S/C23H18ClF5N4O2/c1-11-4-13(23(27,28)29)6-20(31-11)33-17-9-21(35-3)30-10-12(17)5-19(33)22(34)32(2)18-7-14(24)15(25)8-16(18)26/h4,6-10,19H,5H2,1-3H3. The number of benzene rings is 1. The number of methoxy groups -OCH3 is 1. The fraction of sp³-hybridized carbons (Fsp3) is 0.261. The summed E-state index contributed by atoms with van der Waals surface area (Å²) >= 11 is 5.77. The van der Waals surface area contributed by atoms with Crippen molar-refractivity contribution in [2.24, 2.45) is 0 Å². The molecule has 12 heteroatoms. The average molecular weight is 513 g/mol. The Balaban J connectivity index is 1.83. The van der Waals surface area contributed by atoms with E-state index in [0.29, 0.717) is 17.3 Å². The molecule has 184 valence electrons. The summed E-state index contributed by atoms with van der Waals surface area (Å²) in [5.74, 6) is -2.66. The van der Waals surface area contributed by atoms with Crippen molar-refractivity contribution in [2.45, 2.75) is 25.6 Å². The van der Waals surface area contributed by atoms with Gasteiger partial charge in [-0.3, -0.25) is 4.79 Å². The maximum absolute atomic E-state index is 14.5. The van der Waals surface area contributed by atoms with Gasteiger partial charge >= 0.3 is 6.18 Å². The van der Waals surface area contributed by atoms with Gasteiger partial charge in [0, 0.05) is 37.5 Å². The van der Waals surface area contributed by atoms with Gasteiger partial charge in [-0.05, 0) is 30.7 Å². The van der Waals surface area contributed by atoms with Gasteiger partial charge in [0.05, 0.1) is 29.1 Å². The number of pyridine rings is 2. The number of alkyl halides is 3. The third kappa shape index (κ3) is 4.60. The van der Waals surface area contributed by atoms with Crippen molar-refractivity contribution in [3.8, 4) is 5.88 Å². The molecule has 6 nitrogen and oxygen atoms in total. The molecule has 1 amide bonds. The number of carbonyl (C=O) groups is 1. The molecule has 1 aromatic carbocycles. The highest BCUT2D eigenvalue weighted by atomic mass is 35.5. The lowest BCUT2D eigenvalue weighted by Crippen LogP contribution is -2.45. The first-order valence-corrected chi connectivity index (χ1v) is 10.6. The van der Waals surface area contributed by atoms with E-state index in [1.54, 1.807) is 0 Å². The minimum absolute atomic E-state index is 0.0447. The topological polar surface area (TPSA) is 58.6 Å². The van der Waals surface area contributed by atoms with Crippen LogP contribution in [0.3, 0.4) is 0 Å². The monoisotopic (exact) mass is 512 g/mol. The largest absolute Gasteiger partial charge is 0.481 e. The smallest absolute Gasteiger partial charge is 0.416 e. The van der Waals surface area contributed by atoms with E-state index in [-0.39, 0.29) is 29.5 Å². The zero-order chi connectivity index (χ0) is 25.7. The number of hydrogen-bond donors (Lipinski definition) is 0. The van der Waals surface area contributed by atoms with Gasteiger partial charge < -0.3 is 14.5 Å². The second-order valence-corrected chi connectivity index (χ2v) is 8.32. The minimum atomic E-state index is -4.65. The Morgan fingerprint density at radius 3 is 2.54 bits per heavy atom. The Kier molecular flexibility index (Phi) is 6.31. The molecule has 0 spiro atoms. The molecule has 4 rings (SSSR count). The van der Waals surface area contributed by atoms with Gasteiger partial charge in [0.25, 0.3) is 0 Å². The van der Waals surface area contributed by atoms with Crippen LogP contribution in [-0.4, -0.2) is 36.1 Å². The van der Waals surface area contributed by atoms with Crippen LogP contribution in [0.25, 0.3) is 0 Å². The molecular weight excluding hydrogens is 495 g/mol.